The summed E-state index contributed by atoms with van der Waals surface area (Å²) >= 11 is 6.11. The second-order valence-electron chi connectivity index (χ2n) is 7.51. The molecule has 2 aliphatic rings. The van der Waals surface area contributed by atoms with E-state index in [-0.39, 0.29) is 11.9 Å². The van der Waals surface area contributed by atoms with Crippen LogP contribution in [0.5, 0.6) is 0 Å². The third kappa shape index (κ3) is 3.06. The summed E-state index contributed by atoms with van der Waals surface area (Å²) in [6.45, 7) is 0.658. The number of rotatable bonds is 4. The molecule has 2 N–H and O–H groups in total. The molecule has 2 atom stereocenters. The molecule has 1 aliphatic carbocycles. The molecule has 1 amide bonds. The van der Waals surface area contributed by atoms with Crippen molar-refractivity contribution < 1.29 is 9.53 Å². The monoisotopic (exact) mass is 398 g/mol. The highest BCUT2D eigenvalue weighted by atomic mass is 35.5. The molecule has 0 radical (unpaired) electrons. The van der Waals surface area contributed by atoms with E-state index in [9.17, 15) is 4.79 Å². The van der Waals surface area contributed by atoms with Gasteiger partial charge in [0.1, 0.15) is 0 Å². The average molecular weight is 399 g/mol. The minimum Gasteiger partial charge on any atom is -0.385 e. The minimum atomic E-state index is -0.965. The fourth-order valence-corrected chi connectivity index (χ4v) is 4.47. The largest absolute Gasteiger partial charge is 0.385 e. The van der Waals surface area contributed by atoms with Crippen LogP contribution in [0.1, 0.15) is 24.0 Å². The van der Waals surface area contributed by atoms with E-state index in [0.29, 0.717) is 24.0 Å². The van der Waals surface area contributed by atoms with Crippen molar-refractivity contribution in [2.75, 3.05) is 20.8 Å². The zero-order valence-electron chi connectivity index (χ0n) is 16.0. The van der Waals surface area contributed by atoms with Crippen LogP contribution in [-0.2, 0) is 21.5 Å². The summed E-state index contributed by atoms with van der Waals surface area (Å²) in [6, 6.07) is 8.05. The number of amides is 1. The lowest BCUT2D eigenvalue weighted by atomic mass is 9.70. The molecule has 1 aromatic carbocycles. The topological polar surface area (TPSA) is 80.8 Å². The van der Waals surface area contributed by atoms with Crippen molar-refractivity contribution in [2.45, 2.75) is 24.8 Å². The maximum absolute atomic E-state index is 13.2. The molecule has 1 aromatic heterocycles. The second kappa shape index (κ2) is 7.18. The lowest BCUT2D eigenvalue weighted by Crippen LogP contribution is -2.44. The molecule has 0 saturated heterocycles. The molecule has 7 heteroatoms. The number of aliphatic imine (C=N–C) groups is 1. The predicted molar refractivity (Wildman–Crippen MR) is 109 cm³/mol. The number of methoxy groups -OCH3 is 1. The molecular weight excluding hydrogens is 376 g/mol. The zero-order chi connectivity index (χ0) is 19.9. The van der Waals surface area contributed by atoms with Gasteiger partial charge in [-0.3, -0.25) is 14.7 Å². The van der Waals surface area contributed by atoms with Gasteiger partial charge in [-0.2, -0.15) is 0 Å². The van der Waals surface area contributed by atoms with Gasteiger partial charge in [0.05, 0.1) is 5.02 Å². The van der Waals surface area contributed by atoms with Gasteiger partial charge in [-0.05, 0) is 54.0 Å². The van der Waals surface area contributed by atoms with Crippen molar-refractivity contribution in [1.82, 2.24) is 9.88 Å². The number of nitrogens with zero attached hydrogens (tertiary/aromatic N) is 3. The summed E-state index contributed by atoms with van der Waals surface area (Å²) in [4.78, 5) is 23.6. The first-order chi connectivity index (χ1) is 13.4. The SMILES string of the molecule is COCC[C@@H]1Cc2ccc(-c3cncc(Cl)c3)cc2C2(C1)N=C(N)N(C)C2=O. The Balaban J connectivity index is 1.83. The summed E-state index contributed by atoms with van der Waals surface area (Å²) in [5.41, 5.74) is 9.00. The van der Waals surface area contributed by atoms with Crippen LogP contribution in [-0.4, -0.2) is 42.5 Å². The van der Waals surface area contributed by atoms with Crippen molar-refractivity contribution in [3.05, 3.63) is 52.8 Å². The molecule has 1 aliphatic heterocycles. The lowest BCUT2D eigenvalue weighted by molar-refractivity contribution is -0.131. The van der Waals surface area contributed by atoms with Gasteiger partial charge in [-0.15, -0.1) is 0 Å². The highest BCUT2D eigenvalue weighted by Gasteiger charge is 2.52. The third-order valence-electron chi connectivity index (χ3n) is 5.72. The van der Waals surface area contributed by atoms with Crippen molar-refractivity contribution in [3.8, 4) is 11.1 Å². The van der Waals surface area contributed by atoms with Gasteiger partial charge < -0.3 is 10.5 Å². The lowest BCUT2D eigenvalue weighted by Gasteiger charge is -2.36. The number of carbonyl (C=O) groups excluding carboxylic acids is 1. The number of likely N-dealkylation sites (N-methyl/N-ethyl adjacent to an activating group) is 1. The van der Waals surface area contributed by atoms with Gasteiger partial charge in [-0.25, -0.2) is 4.99 Å². The van der Waals surface area contributed by atoms with E-state index in [1.165, 1.54) is 4.90 Å². The number of nitrogens with two attached hydrogens (primary N) is 1. The number of hydrogen-bond acceptors (Lipinski definition) is 5. The molecule has 4 rings (SSSR count). The number of ether oxygens (including phenoxy) is 1. The Bertz CT molecular complexity index is 961. The van der Waals surface area contributed by atoms with Crippen LogP contribution in [0.4, 0.5) is 0 Å². The van der Waals surface area contributed by atoms with E-state index >= 15 is 0 Å². The Morgan fingerprint density at radius 2 is 2.14 bits per heavy atom. The molecule has 1 spiro atoms. The van der Waals surface area contributed by atoms with E-state index in [0.717, 1.165) is 35.1 Å². The molecule has 2 heterocycles. The molecule has 0 saturated carbocycles. The number of pyridine rings is 1. The van der Waals surface area contributed by atoms with Crippen LogP contribution in [0.15, 0.2) is 41.7 Å². The van der Waals surface area contributed by atoms with Crippen LogP contribution >= 0.6 is 11.6 Å². The van der Waals surface area contributed by atoms with E-state index in [1.54, 1.807) is 26.6 Å². The molecule has 28 heavy (non-hydrogen) atoms. The van der Waals surface area contributed by atoms with Gasteiger partial charge >= 0.3 is 0 Å². The molecule has 0 bridgehead atoms. The van der Waals surface area contributed by atoms with Crippen LogP contribution in [0, 0.1) is 5.92 Å². The van der Waals surface area contributed by atoms with Crippen LogP contribution in [0.25, 0.3) is 11.1 Å². The first-order valence-electron chi connectivity index (χ1n) is 9.31. The molecule has 146 valence electrons. The molecule has 1 unspecified atom stereocenters. The van der Waals surface area contributed by atoms with Crippen LogP contribution in [0.3, 0.4) is 0 Å². The Morgan fingerprint density at radius 1 is 1.32 bits per heavy atom. The van der Waals surface area contributed by atoms with Crippen molar-refractivity contribution in [2.24, 2.45) is 16.6 Å². The molecule has 0 fully saturated rings. The van der Waals surface area contributed by atoms with Gasteiger partial charge in [0.25, 0.3) is 5.91 Å². The van der Waals surface area contributed by atoms with Crippen molar-refractivity contribution >= 4 is 23.5 Å². The fraction of sp³-hybridized carbons (Fsp3) is 0.381. The average Bonchev–Trinajstić information content (AvgIpc) is 2.90. The summed E-state index contributed by atoms with van der Waals surface area (Å²) in [7, 11) is 3.38. The second-order valence-corrected chi connectivity index (χ2v) is 7.95. The van der Waals surface area contributed by atoms with Crippen LogP contribution < -0.4 is 5.73 Å². The molecular formula is C21H23ClN4O2. The quantitative estimate of drug-likeness (QED) is 0.858. The normalized spacial score (nSPS) is 23.8. The standard InChI is InChI=1S/C21H23ClN4O2/c1-26-19(27)21(25-20(26)23)10-13(5-6-28-2)7-15-4-3-14(9-18(15)21)16-8-17(22)12-24-11-16/h3-4,8-9,11-13H,5-7,10H2,1-2H3,(H2,23,25)/t13-,21?/m1/s1. The number of benzene rings is 1. The minimum absolute atomic E-state index is 0.0743. The van der Waals surface area contributed by atoms with E-state index in [4.69, 9.17) is 22.1 Å². The van der Waals surface area contributed by atoms with Gasteiger partial charge in [-0.1, -0.05) is 23.7 Å². The van der Waals surface area contributed by atoms with Gasteiger partial charge in [0.15, 0.2) is 11.5 Å². The maximum Gasteiger partial charge on any atom is 0.261 e. The Kier molecular flexibility index (Phi) is 4.85. The van der Waals surface area contributed by atoms with Crippen molar-refractivity contribution in [1.29, 1.82) is 0 Å². The highest BCUT2D eigenvalue weighted by molar-refractivity contribution is 6.30. The first kappa shape index (κ1) is 18.9. The van der Waals surface area contributed by atoms with E-state index in [2.05, 4.69) is 22.1 Å². The molecule has 2 aromatic rings. The Labute approximate surface area is 169 Å². The Morgan fingerprint density at radius 3 is 2.82 bits per heavy atom. The number of hydrogen-bond donors (Lipinski definition) is 1. The van der Waals surface area contributed by atoms with Crippen molar-refractivity contribution in [3.63, 3.8) is 0 Å². The summed E-state index contributed by atoms with van der Waals surface area (Å²) in [5, 5.41) is 0.573. The van der Waals surface area contributed by atoms with Gasteiger partial charge in [0, 0.05) is 38.7 Å². The number of guanidine groups is 1. The summed E-state index contributed by atoms with van der Waals surface area (Å²) < 4.78 is 5.27. The molecule has 6 nitrogen and oxygen atoms in total. The van der Waals surface area contributed by atoms with E-state index < -0.39 is 5.54 Å². The van der Waals surface area contributed by atoms with Gasteiger partial charge in [0.2, 0.25) is 0 Å². The predicted octanol–water partition coefficient (Wildman–Crippen LogP) is 2.98. The number of carbonyl (C=O) groups is 1. The number of fused-ring (bicyclic) bond motifs is 2. The summed E-state index contributed by atoms with van der Waals surface area (Å²) in [6.07, 6.45) is 5.77. The highest BCUT2D eigenvalue weighted by Crippen LogP contribution is 2.46. The zero-order valence-corrected chi connectivity index (χ0v) is 16.7. The summed E-state index contributed by atoms with van der Waals surface area (Å²) in [5.74, 6) is 0.492. The van der Waals surface area contributed by atoms with E-state index in [1.807, 2.05) is 12.1 Å². The first-order valence-corrected chi connectivity index (χ1v) is 9.69. The Hall–Kier alpha value is -2.44. The maximum atomic E-state index is 13.2. The number of halogens is 1. The fourth-order valence-electron chi connectivity index (χ4n) is 4.30. The smallest absolute Gasteiger partial charge is 0.261 e. The third-order valence-corrected chi connectivity index (χ3v) is 5.93. The van der Waals surface area contributed by atoms with Crippen LogP contribution in [0.2, 0.25) is 5.02 Å². The number of aromatic nitrogens is 1.